The van der Waals surface area contributed by atoms with Gasteiger partial charge < -0.3 is 15.5 Å². The highest BCUT2D eigenvalue weighted by Crippen LogP contribution is 2.23. The SMILES string of the molecule is CCNC(=NCC(=O)N1CCc2sccc2C1)NCC1CCCN1CC.I. The lowest BCUT2D eigenvalue weighted by Gasteiger charge is -2.27. The van der Waals surface area contributed by atoms with E-state index in [1.807, 2.05) is 4.90 Å². The molecule has 1 amide bonds. The van der Waals surface area contributed by atoms with E-state index in [9.17, 15) is 4.79 Å². The minimum absolute atomic E-state index is 0. The Bertz CT molecular complexity index is 635. The number of likely N-dealkylation sites (N-methyl/N-ethyl adjacent to an activating group) is 1. The number of carbonyl (C=O) groups is 1. The molecule has 2 N–H and O–H groups in total. The molecule has 0 saturated carbocycles. The second kappa shape index (κ2) is 11.2. The number of carbonyl (C=O) groups excluding carboxylic acids is 1. The Kier molecular flexibility index (Phi) is 9.31. The van der Waals surface area contributed by atoms with Crippen LogP contribution in [-0.2, 0) is 17.8 Å². The summed E-state index contributed by atoms with van der Waals surface area (Å²) in [5.41, 5.74) is 1.30. The number of fused-ring (bicyclic) bond motifs is 1. The van der Waals surface area contributed by atoms with Crippen LogP contribution in [0.3, 0.4) is 0 Å². The highest BCUT2D eigenvalue weighted by atomic mass is 127. The smallest absolute Gasteiger partial charge is 0.244 e. The topological polar surface area (TPSA) is 60.0 Å². The Morgan fingerprint density at radius 1 is 1.33 bits per heavy atom. The molecule has 0 radical (unpaired) electrons. The Morgan fingerprint density at radius 3 is 2.96 bits per heavy atom. The lowest BCUT2D eigenvalue weighted by Crippen LogP contribution is -2.45. The van der Waals surface area contributed by atoms with Crippen LogP contribution in [0.25, 0.3) is 0 Å². The van der Waals surface area contributed by atoms with Gasteiger partial charge in [0.15, 0.2) is 5.96 Å². The number of nitrogens with zero attached hydrogens (tertiary/aromatic N) is 3. The molecular weight excluding hydrogens is 473 g/mol. The molecule has 0 aliphatic carbocycles. The fourth-order valence-corrected chi connectivity index (χ4v) is 4.70. The van der Waals surface area contributed by atoms with Gasteiger partial charge in [0.25, 0.3) is 0 Å². The molecule has 152 valence electrons. The molecule has 3 heterocycles. The fraction of sp³-hybridized carbons (Fsp3) is 0.684. The van der Waals surface area contributed by atoms with Gasteiger partial charge in [0.2, 0.25) is 5.91 Å². The second-order valence-electron chi connectivity index (χ2n) is 6.94. The molecule has 0 bridgehead atoms. The van der Waals surface area contributed by atoms with Gasteiger partial charge in [-0.1, -0.05) is 6.92 Å². The van der Waals surface area contributed by atoms with Gasteiger partial charge in [0.05, 0.1) is 0 Å². The Hall–Kier alpha value is -0.870. The van der Waals surface area contributed by atoms with Crippen LogP contribution < -0.4 is 10.6 Å². The van der Waals surface area contributed by atoms with Gasteiger partial charge in [-0.2, -0.15) is 0 Å². The van der Waals surface area contributed by atoms with E-state index in [0.717, 1.165) is 45.1 Å². The van der Waals surface area contributed by atoms with Gasteiger partial charge in [-0.3, -0.25) is 9.69 Å². The van der Waals surface area contributed by atoms with E-state index in [1.54, 1.807) is 11.3 Å². The van der Waals surface area contributed by atoms with Crippen molar-refractivity contribution < 1.29 is 4.79 Å². The van der Waals surface area contributed by atoms with E-state index in [2.05, 4.69) is 45.8 Å². The summed E-state index contributed by atoms with van der Waals surface area (Å²) in [5.74, 6) is 0.854. The van der Waals surface area contributed by atoms with E-state index in [1.165, 1.54) is 29.8 Å². The largest absolute Gasteiger partial charge is 0.357 e. The molecule has 1 fully saturated rings. The van der Waals surface area contributed by atoms with Gasteiger partial charge in [0.1, 0.15) is 6.54 Å². The highest BCUT2D eigenvalue weighted by molar-refractivity contribution is 14.0. The number of aliphatic imine (C=N–C) groups is 1. The van der Waals surface area contributed by atoms with Gasteiger partial charge >= 0.3 is 0 Å². The zero-order valence-electron chi connectivity index (χ0n) is 16.4. The summed E-state index contributed by atoms with van der Waals surface area (Å²) < 4.78 is 0. The van der Waals surface area contributed by atoms with Crippen molar-refractivity contribution in [1.29, 1.82) is 0 Å². The third kappa shape index (κ3) is 6.05. The van der Waals surface area contributed by atoms with Crippen molar-refractivity contribution in [2.45, 2.75) is 45.7 Å². The Labute approximate surface area is 183 Å². The first kappa shape index (κ1) is 22.4. The maximum atomic E-state index is 12.6. The van der Waals surface area contributed by atoms with Crippen molar-refractivity contribution in [3.8, 4) is 0 Å². The first-order chi connectivity index (χ1) is 12.7. The molecule has 0 aromatic carbocycles. The van der Waals surface area contributed by atoms with E-state index in [-0.39, 0.29) is 36.4 Å². The van der Waals surface area contributed by atoms with Crippen molar-refractivity contribution in [2.24, 2.45) is 4.99 Å². The van der Waals surface area contributed by atoms with Crippen LogP contribution in [0.4, 0.5) is 0 Å². The third-order valence-electron chi connectivity index (χ3n) is 5.29. The molecule has 1 aromatic rings. The number of halogens is 1. The summed E-state index contributed by atoms with van der Waals surface area (Å²) in [4.78, 5) is 22.9. The molecule has 1 saturated heterocycles. The molecule has 2 aliphatic heterocycles. The monoisotopic (exact) mass is 505 g/mol. The number of rotatable bonds is 6. The Morgan fingerprint density at radius 2 is 2.19 bits per heavy atom. The predicted molar refractivity (Wildman–Crippen MR) is 123 cm³/mol. The van der Waals surface area contributed by atoms with E-state index < -0.39 is 0 Å². The molecule has 27 heavy (non-hydrogen) atoms. The number of guanidine groups is 1. The number of hydrogen-bond donors (Lipinski definition) is 2. The molecule has 8 heteroatoms. The fourth-order valence-electron chi connectivity index (χ4n) is 3.81. The maximum absolute atomic E-state index is 12.6. The van der Waals surface area contributed by atoms with Crippen LogP contribution in [-0.4, -0.2) is 67.0 Å². The maximum Gasteiger partial charge on any atom is 0.244 e. The minimum Gasteiger partial charge on any atom is -0.357 e. The number of hydrogen-bond acceptors (Lipinski definition) is 4. The summed E-state index contributed by atoms with van der Waals surface area (Å²) >= 11 is 1.80. The molecule has 3 rings (SSSR count). The molecule has 1 atom stereocenters. The second-order valence-corrected chi connectivity index (χ2v) is 7.94. The van der Waals surface area contributed by atoms with Crippen LogP contribution in [0.2, 0.25) is 0 Å². The summed E-state index contributed by atoms with van der Waals surface area (Å²) in [5, 5.41) is 8.80. The molecule has 6 nitrogen and oxygen atoms in total. The van der Waals surface area contributed by atoms with Crippen LogP contribution in [0, 0.1) is 0 Å². The molecule has 0 spiro atoms. The average molecular weight is 505 g/mol. The van der Waals surface area contributed by atoms with E-state index in [0.29, 0.717) is 6.04 Å². The van der Waals surface area contributed by atoms with E-state index in [4.69, 9.17) is 0 Å². The molecule has 2 aliphatic rings. The van der Waals surface area contributed by atoms with Gasteiger partial charge in [-0.05, 0) is 56.3 Å². The van der Waals surface area contributed by atoms with E-state index >= 15 is 0 Å². The summed E-state index contributed by atoms with van der Waals surface area (Å²) in [6.07, 6.45) is 3.47. The van der Waals surface area contributed by atoms with Crippen molar-refractivity contribution >= 4 is 47.2 Å². The summed E-state index contributed by atoms with van der Waals surface area (Å²) in [7, 11) is 0. The first-order valence-electron chi connectivity index (χ1n) is 9.80. The quantitative estimate of drug-likeness (QED) is 0.354. The molecular formula is C19H32IN5OS. The molecule has 1 aromatic heterocycles. The van der Waals surface area contributed by atoms with Crippen LogP contribution >= 0.6 is 35.3 Å². The highest BCUT2D eigenvalue weighted by Gasteiger charge is 2.23. The van der Waals surface area contributed by atoms with Gasteiger partial charge in [0, 0.05) is 37.1 Å². The van der Waals surface area contributed by atoms with Crippen LogP contribution in [0.5, 0.6) is 0 Å². The van der Waals surface area contributed by atoms with Gasteiger partial charge in [-0.15, -0.1) is 35.3 Å². The third-order valence-corrected chi connectivity index (χ3v) is 6.31. The van der Waals surface area contributed by atoms with Crippen LogP contribution in [0.15, 0.2) is 16.4 Å². The zero-order valence-corrected chi connectivity index (χ0v) is 19.5. The molecule has 1 unspecified atom stereocenters. The normalized spacial score (nSPS) is 20.1. The average Bonchev–Trinajstić information content (AvgIpc) is 3.31. The lowest BCUT2D eigenvalue weighted by molar-refractivity contribution is -0.130. The summed E-state index contributed by atoms with van der Waals surface area (Å²) in [6.45, 7) is 9.97. The number of amides is 1. The zero-order chi connectivity index (χ0) is 18.4. The first-order valence-corrected chi connectivity index (χ1v) is 10.7. The standard InChI is InChI=1S/C19H31N5OS.HI/c1-3-20-19(21-12-16-6-5-9-23(16)4-2)22-13-18(25)24-10-7-17-15(14-24)8-11-26-17;/h8,11,16H,3-7,9-10,12-14H2,1-2H3,(H2,20,21,22);1H. The predicted octanol–water partition coefficient (Wildman–Crippen LogP) is 2.29. The van der Waals surface area contributed by atoms with Crippen molar-refractivity contribution in [3.05, 3.63) is 21.9 Å². The number of thiophene rings is 1. The number of nitrogens with one attached hydrogen (secondary N) is 2. The van der Waals surface area contributed by atoms with Crippen molar-refractivity contribution in [2.75, 3.05) is 39.3 Å². The Balaban J connectivity index is 0.00000261. The van der Waals surface area contributed by atoms with Crippen LogP contribution in [0.1, 0.15) is 37.1 Å². The minimum atomic E-state index is 0. The summed E-state index contributed by atoms with van der Waals surface area (Å²) in [6, 6.07) is 2.70. The van der Waals surface area contributed by atoms with Crippen molar-refractivity contribution in [3.63, 3.8) is 0 Å². The number of likely N-dealkylation sites (tertiary alicyclic amines) is 1. The lowest BCUT2D eigenvalue weighted by atomic mass is 10.1. The van der Waals surface area contributed by atoms with Crippen molar-refractivity contribution in [1.82, 2.24) is 20.4 Å². The van der Waals surface area contributed by atoms with Gasteiger partial charge in [-0.25, -0.2) is 4.99 Å².